The second kappa shape index (κ2) is 10.3. The van der Waals surface area contributed by atoms with Crippen molar-refractivity contribution in [1.82, 2.24) is 5.32 Å². The van der Waals surface area contributed by atoms with E-state index in [2.05, 4.69) is 20.6 Å². The van der Waals surface area contributed by atoms with E-state index in [1.54, 1.807) is 12.1 Å². The number of carbonyl (C=O) groups excluding carboxylic acids is 2. The highest BCUT2D eigenvalue weighted by Gasteiger charge is 2.20. The smallest absolute Gasteiger partial charge is 0.408 e. The van der Waals surface area contributed by atoms with Gasteiger partial charge in [0.25, 0.3) is 5.69 Å². The predicted molar refractivity (Wildman–Crippen MR) is 101 cm³/mol. The first-order valence-electron chi connectivity index (χ1n) is 8.08. The Balaban J connectivity index is 1.91. The van der Waals surface area contributed by atoms with Gasteiger partial charge in [-0.1, -0.05) is 30.3 Å². The number of non-ortho nitro benzene ring substituents is 1. The number of nitrogens with zero attached hydrogens (tertiary/aromatic N) is 2. The topological polar surface area (TPSA) is 132 Å². The highest BCUT2D eigenvalue weighted by atomic mass is 16.6. The minimum Gasteiger partial charge on any atom is -0.467 e. The highest BCUT2D eigenvalue weighted by molar-refractivity contribution is 5.97. The van der Waals surface area contributed by atoms with Gasteiger partial charge in [0.15, 0.2) is 6.04 Å². The van der Waals surface area contributed by atoms with Gasteiger partial charge in [0.1, 0.15) is 6.61 Å². The molecule has 2 rings (SSSR count). The van der Waals surface area contributed by atoms with Crippen molar-refractivity contribution < 1.29 is 24.0 Å². The van der Waals surface area contributed by atoms with E-state index in [4.69, 9.17) is 4.74 Å². The lowest BCUT2D eigenvalue weighted by Crippen LogP contribution is -2.43. The Hall–Kier alpha value is -3.95. The molecule has 0 saturated carbocycles. The SMILES string of the molecule is COC(=O)C(/C=N/Nc1ccc([N+](=O)[O-])cc1)NC(=O)OCc1ccccc1. The van der Waals surface area contributed by atoms with Crippen molar-refractivity contribution >= 4 is 29.7 Å². The second-order valence-corrected chi connectivity index (χ2v) is 5.40. The number of nitro benzene ring substituents is 1. The number of benzene rings is 2. The molecule has 1 amide bonds. The first-order chi connectivity index (χ1) is 13.5. The Morgan fingerprint density at radius 2 is 1.86 bits per heavy atom. The van der Waals surface area contributed by atoms with Crippen molar-refractivity contribution in [3.05, 3.63) is 70.3 Å². The molecular weight excluding hydrogens is 368 g/mol. The van der Waals surface area contributed by atoms with Crippen LogP contribution in [0.15, 0.2) is 59.7 Å². The number of alkyl carbamates (subject to hydrolysis) is 1. The van der Waals surface area contributed by atoms with E-state index < -0.39 is 23.0 Å². The van der Waals surface area contributed by atoms with Crippen molar-refractivity contribution in [3.8, 4) is 0 Å². The Morgan fingerprint density at radius 1 is 1.18 bits per heavy atom. The van der Waals surface area contributed by atoms with Crippen LogP contribution in [0.1, 0.15) is 5.56 Å². The molecule has 0 fully saturated rings. The van der Waals surface area contributed by atoms with Crippen LogP contribution in [0.2, 0.25) is 0 Å². The fourth-order valence-corrected chi connectivity index (χ4v) is 2.02. The zero-order valence-electron chi connectivity index (χ0n) is 14.9. The maximum absolute atomic E-state index is 11.9. The summed E-state index contributed by atoms with van der Waals surface area (Å²) in [6.45, 7) is 0.0404. The third-order valence-corrected chi connectivity index (χ3v) is 3.44. The molecule has 28 heavy (non-hydrogen) atoms. The van der Waals surface area contributed by atoms with Crippen LogP contribution in [-0.2, 0) is 20.9 Å². The average molecular weight is 386 g/mol. The lowest BCUT2D eigenvalue weighted by molar-refractivity contribution is -0.384. The van der Waals surface area contributed by atoms with Gasteiger partial charge in [-0.3, -0.25) is 15.5 Å². The van der Waals surface area contributed by atoms with Gasteiger partial charge in [-0.05, 0) is 17.7 Å². The largest absolute Gasteiger partial charge is 0.467 e. The number of esters is 1. The van der Waals surface area contributed by atoms with Crippen LogP contribution in [0, 0.1) is 10.1 Å². The zero-order chi connectivity index (χ0) is 20.4. The summed E-state index contributed by atoms with van der Waals surface area (Å²) in [6.07, 6.45) is 0.304. The first kappa shape index (κ1) is 20.4. The fourth-order valence-electron chi connectivity index (χ4n) is 2.02. The fraction of sp³-hybridized carbons (Fsp3) is 0.167. The van der Waals surface area contributed by atoms with E-state index in [1.807, 2.05) is 18.2 Å². The third-order valence-electron chi connectivity index (χ3n) is 3.44. The van der Waals surface area contributed by atoms with Crippen molar-refractivity contribution in [2.24, 2.45) is 5.10 Å². The number of nitrogens with one attached hydrogen (secondary N) is 2. The molecule has 0 spiro atoms. The average Bonchev–Trinajstić information content (AvgIpc) is 2.72. The van der Waals surface area contributed by atoms with E-state index in [0.717, 1.165) is 11.8 Å². The zero-order valence-corrected chi connectivity index (χ0v) is 14.9. The predicted octanol–water partition coefficient (Wildman–Crippen LogP) is 2.46. The van der Waals surface area contributed by atoms with Crippen LogP contribution >= 0.6 is 0 Å². The molecule has 0 radical (unpaired) electrons. The molecule has 2 aromatic carbocycles. The summed E-state index contributed by atoms with van der Waals surface area (Å²) >= 11 is 0. The summed E-state index contributed by atoms with van der Waals surface area (Å²) in [5.74, 6) is -0.745. The number of ether oxygens (including phenoxy) is 2. The summed E-state index contributed by atoms with van der Waals surface area (Å²) in [4.78, 5) is 33.8. The van der Waals surface area contributed by atoms with Crippen molar-refractivity contribution in [1.29, 1.82) is 0 Å². The Morgan fingerprint density at radius 3 is 2.46 bits per heavy atom. The number of methoxy groups -OCH3 is 1. The number of anilines is 1. The van der Waals surface area contributed by atoms with Crippen molar-refractivity contribution in [2.75, 3.05) is 12.5 Å². The maximum Gasteiger partial charge on any atom is 0.408 e. The van der Waals surface area contributed by atoms with Gasteiger partial charge in [0.05, 0.1) is 23.9 Å². The number of carbonyl (C=O) groups is 2. The van der Waals surface area contributed by atoms with Crippen LogP contribution in [-0.4, -0.2) is 36.4 Å². The van der Waals surface area contributed by atoms with E-state index >= 15 is 0 Å². The molecule has 0 aliphatic carbocycles. The molecule has 146 valence electrons. The summed E-state index contributed by atoms with van der Waals surface area (Å²) < 4.78 is 9.67. The number of hydrogen-bond donors (Lipinski definition) is 2. The van der Waals surface area contributed by atoms with Crippen LogP contribution in [0.25, 0.3) is 0 Å². The quantitative estimate of drug-likeness (QED) is 0.308. The lowest BCUT2D eigenvalue weighted by Gasteiger charge is -2.12. The number of amides is 1. The molecule has 10 nitrogen and oxygen atoms in total. The van der Waals surface area contributed by atoms with Gasteiger partial charge in [-0.2, -0.15) is 5.10 Å². The summed E-state index contributed by atoms with van der Waals surface area (Å²) in [5, 5.41) is 16.8. The molecule has 0 heterocycles. The maximum atomic E-state index is 11.9. The van der Waals surface area contributed by atoms with Crippen molar-refractivity contribution in [3.63, 3.8) is 0 Å². The molecular formula is C18H18N4O6. The van der Waals surface area contributed by atoms with E-state index in [-0.39, 0.29) is 12.3 Å². The van der Waals surface area contributed by atoms with Crippen LogP contribution < -0.4 is 10.7 Å². The molecule has 0 bridgehead atoms. The summed E-state index contributed by atoms with van der Waals surface area (Å²) in [5.41, 5.74) is 3.78. The Kier molecular flexibility index (Phi) is 7.46. The molecule has 2 N–H and O–H groups in total. The van der Waals surface area contributed by atoms with Gasteiger partial charge in [0.2, 0.25) is 0 Å². The van der Waals surface area contributed by atoms with Gasteiger partial charge in [-0.25, -0.2) is 9.59 Å². The molecule has 1 atom stereocenters. The van der Waals surface area contributed by atoms with Crippen LogP contribution in [0.4, 0.5) is 16.2 Å². The Bertz CT molecular complexity index is 839. The van der Waals surface area contributed by atoms with Gasteiger partial charge >= 0.3 is 12.1 Å². The van der Waals surface area contributed by atoms with Crippen molar-refractivity contribution in [2.45, 2.75) is 12.6 Å². The van der Waals surface area contributed by atoms with Gasteiger partial charge < -0.3 is 14.8 Å². The molecule has 0 aliphatic rings. The molecule has 1 unspecified atom stereocenters. The molecule has 10 heteroatoms. The third kappa shape index (κ3) is 6.41. The molecule has 0 saturated heterocycles. The van der Waals surface area contributed by atoms with E-state index in [9.17, 15) is 19.7 Å². The normalized spacial score (nSPS) is 11.5. The molecule has 0 aliphatic heterocycles. The van der Waals surface area contributed by atoms with Gasteiger partial charge in [-0.15, -0.1) is 0 Å². The monoisotopic (exact) mass is 386 g/mol. The van der Waals surface area contributed by atoms with E-state index in [1.165, 1.54) is 31.4 Å². The number of hydrazone groups is 1. The first-order valence-corrected chi connectivity index (χ1v) is 8.08. The minimum atomic E-state index is -1.18. The Labute approximate surface area is 160 Å². The minimum absolute atomic E-state index is 0.0404. The standard InChI is InChI=1S/C18H18N4O6/c1-27-17(23)16(20-18(24)28-12-13-5-3-2-4-6-13)11-19-21-14-7-9-15(10-8-14)22(25)26/h2-11,16,21H,12H2,1H3,(H,20,24)/b19-11+. The number of nitro groups is 1. The number of rotatable bonds is 8. The summed E-state index contributed by atoms with van der Waals surface area (Å²) in [7, 11) is 1.17. The second-order valence-electron chi connectivity index (χ2n) is 5.40. The van der Waals surface area contributed by atoms with Crippen LogP contribution in [0.3, 0.4) is 0 Å². The summed E-state index contributed by atoms with van der Waals surface area (Å²) in [6, 6.07) is 13.4. The number of hydrogen-bond acceptors (Lipinski definition) is 8. The highest BCUT2D eigenvalue weighted by Crippen LogP contribution is 2.15. The van der Waals surface area contributed by atoms with E-state index in [0.29, 0.717) is 5.69 Å². The molecule has 2 aromatic rings. The van der Waals surface area contributed by atoms with Gasteiger partial charge in [0, 0.05) is 12.1 Å². The van der Waals surface area contributed by atoms with Crippen LogP contribution in [0.5, 0.6) is 0 Å². The lowest BCUT2D eigenvalue weighted by atomic mass is 10.2. The molecule has 0 aromatic heterocycles.